The Hall–Kier alpha value is -0.930. The summed E-state index contributed by atoms with van der Waals surface area (Å²) in [7, 11) is 0. The molecule has 4 heteroatoms. The first-order valence-electron chi connectivity index (χ1n) is 6.25. The standard InChI is InChI=1S/C15H16BrClN2/c1-9(2)6-11-8-14(17)19-15(18-11)12-5-4-10(3)7-13(12)16/h4-5,7-9H,6H2,1-3H3. The largest absolute Gasteiger partial charge is 0.233 e. The first-order chi connectivity index (χ1) is 8.95. The van der Waals surface area contributed by atoms with Gasteiger partial charge in [0.2, 0.25) is 0 Å². The van der Waals surface area contributed by atoms with Gasteiger partial charge in [0.05, 0.1) is 0 Å². The van der Waals surface area contributed by atoms with E-state index in [2.05, 4.69) is 52.7 Å². The van der Waals surface area contributed by atoms with Crippen molar-refractivity contribution in [3.8, 4) is 11.4 Å². The first kappa shape index (κ1) is 14.5. The summed E-state index contributed by atoms with van der Waals surface area (Å²) in [6, 6.07) is 7.96. The highest BCUT2D eigenvalue weighted by atomic mass is 79.9. The van der Waals surface area contributed by atoms with E-state index in [1.165, 1.54) is 5.56 Å². The van der Waals surface area contributed by atoms with Crippen molar-refractivity contribution in [1.82, 2.24) is 9.97 Å². The molecule has 2 rings (SSSR count). The molecule has 1 aromatic carbocycles. The van der Waals surface area contributed by atoms with Gasteiger partial charge in [0.15, 0.2) is 5.82 Å². The Morgan fingerprint density at radius 2 is 1.95 bits per heavy atom. The van der Waals surface area contributed by atoms with Crippen LogP contribution >= 0.6 is 27.5 Å². The Balaban J connectivity index is 2.46. The lowest BCUT2D eigenvalue weighted by Gasteiger charge is -2.09. The third-order valence-electron chi connectivity index (χ3n) is 2.73. The highest BCUT2D eigenvalue weighted by molar-refractivity contribution is 9.10. The molecule has 1 aromatic heterocycles. The first-order valence-corrected chi connectivity index (χ1v) is 7.43. The maximum atomic E-state index is 6.10. The fourth-order valence-electron chi connectivity index (χ4n) is 1.91. The van der Waals surface area contributed by atoms with Gasteiger partial charge in [0.25, 0.3) is 0 Å². The molecule has 0 spiro atoms. The fraction of sp³-hybridized carbons (Fsp3) is 0.333. The third-order valence-corrected chi connectivity index (χ3v) is 3.58. The zero-order chi connectivity index (χ0) is 14.0. The summed E-state index contributed by atoms with van der Waals surface area (Å²) in [6.07, 6.45) is 0.902. The second-order valence-electron chi connectivity index (χ2n) is 5.09. The molecule has 0 aliphatic rings. The highest BCUT2D eigenvalue weighted by Gasteiger charge is 2.10. The van der Waals surface area contributed by atoms with Crippen molar-refractivity contribution in [2.75, 3.05) is 0 Å². The summed E-state index contributed by atoms with van der Waals surface area (Å²) >= 11 is 9.66. The molecule has 0 unspecified atom stereocenters. The molecule has 0 aliphatic carbocycles. The zero-order valence-electron chi connectivity index (χ0n) is 11.2. The average Bonchev–Trinajstić information content (AvgIpc) is 2.26. The molecule has 0 saturated carbocycles. The Labute approximate surface area is 127 Å². The van der Waals surface area contributed by atoms with E-state index in [4.69, 9.17) is 11.6 Å². The van der Waals surface area contributed by atoms with Crippen molar-refractivity contribution >= 4 is 27.5 Å². The average molecular weight is 340 g/mol. The molecule has 0 amide bonds. The number of hydrogen-bond acceptors (Lipinski definition) is 2. The summed E-state index contributed by atoms with van der Waals surface area (Å²) < 4.78 is 0.991. The lowest BCUT2D eigenvalue weighted by Crippen LogP contribution is -2.01. The van der Waals surface area contributed by atoms with E-state index in [9.17, 15) is 0 Å². The highest BCUT2D eigenvalue weighted by Crippen LogP contribution is 2.28. The predicted octanol–water partition coefficient (Wildman–Crippen LogP) is 5.07. The smallest absolute Gasteiger partial charge is 0.162 e. The minimum atomic E-state index is 0.494. The van der Waals surface area contributed by atoms with Crippen molar-refractivity contribution in [3.63, 3.8) is 0 Å². The number of rotatable bonds is 3. The number of hydrogen-bond donors (Lipinski definition) is 0. The van der Waals surface area contributed by atoms with Gasteiger partial charge in [-0.15, -0.1) is 0 Å². The SMILES string of the molecule is Cc1ccc(-c2nc(Cl)cc(CC(C)C)n2)c(Br)c1. The monoisotopic (exact) mass is 338 g/mol. The van der Waals surface area contributed by atoms with Crippen LogP contribution in [0.1, 0.15) is 25.1 Å². The molecule has 1 heterocycles. The molecule has 0 aliphatic heterocycles. The van der Waals surface area contributed by atoms with E-state index in [-0.39, 0.29) is 0 Å². The van der Waals surface area contributed by atoms with Crippen molar-refractivity contribution in [3.05, 3.63) is 45.1 Å². The van der Waals surface area contributed by atoms with Crippen LogP contribution in [0.5, 0.6) is 0 Å². The Bertz CT molecular complexity index is 597. The van der Waals surface area contributed by atoms with Crippen LogP contribution < -0.4 is 0 Å². The Morgan fingerprint density at radius 3 is 2.58 bits per heavy atom. The molecule has 19 heavy (non-hydrogen) atoms. The van der Waals surface area contributed by atoms with E-state index in [0.717, 1.165) is 22.2 Å². The van der Waals surface area contributed by atoms with E-state index in [1.54, 1.807) is 0 Å². The van der Waals surface area contributed by atoms with Gasteiger partial charge in [-0.1, -0.05) is 47.4 Å². The van der Waals surface area contributed by atoms with Crippen LogP contribution in [0, 0.1) is 12.8 Å². The summed E-state index contributed by atoms with van der Waals surface area (Å²) in [5.41, 5.74) is 3.15. The maximum absolute atomic E-state index is 6.10. The van der Waals surface area contributed by atoms with Crippen molar-refractivity contribution in [1.29, 1.82) is 0 Å². The molecule has 100 valence electrons. The normalized spacial score (nSPS) is 11.1. The lowest BCUT2D eigenvalue weighted by molar-refractivity contribution is 0.634. The van der Waals surface area contributed by atoms with E-state index in [1.807, 2.05) is 18.2 Å². The van der Waals surface area contributed by atoms with Crippen LogP contribution in [0.25, 0.3) is 11.4 Å². The van der Waals surface area contributed by atoms with E-state index in [0.29, 0.717) is 16.9 Å². The van der Waals surface area contributed by atoms with Crippen LogP contribution in [0.3, 0.4) is 0 Å². The predicted molar refractivity (Wildman–Crippen MR) is 83.5 cm³/mol. The van der Waals surface area contributed by atoms with Crippen LogP contribution in [0.2, 0.25) is 5.15 Å². The van der Waals surface area contributed by atoms with Gasteiger partial charge in [0, 0.05) is 15.7 Å². The van der Waals surface area contributed by atoms with Crippen molar-refractivity contribution < 1.29 is 0 Å². The summed E-state index contributed by atoms with van der Waals surface area (Å²) in [5, 5.41) is 0.494. The number of nitrogens with zero attached hydrogens (tertiary/aromatic N) is 2. The molecule has 0 radical (unpaired) electrons. The number of aryl methyl sites for hydroxylation is 1. The summed E-state index contributed by atoms with van der Waals surface area (Å²) in [6.45, 7) is 6.38. The topological polar surface area (TPSA) is 25.8 Å². The van der Waals surface area contributed by atoms with Crippen LogP contribution in [0.15, 0.2) is 28.7 Å². The fourth-order valence-corrected chi connectivity index (χ4v) is 2.79. The summed E-state index contributed by atoms with van der Waals surface area (Å²) in [5.74, 6) is 1.22. The third kappa shape index (κ3) is 3.77. The number of benzene rings is 1. The molecule has 2 nitrogen and oxygen atoms in total. The number of halogens is 2. The quantitative estimate of drug-likeness (QED) is 0.730. The van der Waals surface area contributed by atoms with Crippen LogP contribution in [-0.2, 0) is 6.42 Å². The van der Waals surface area contributed by atoms with Gasteiger partial charge >= 0.3 is 0 Å². The van der Waals surface area contributed by atoms with Crippen molar-refractivity contribution in [2.24, 2.45) is 5.92 Å². The van der Waals surface area contributed by atoms with E-state index >= 15 is 0 Å². The Morgan fingerprint density at radius 1 is 1.21 bits per heavy atom. The van der Waals surface area contributed by atoms with Gasteiger partial charge in [-0.2, -0.15) is 0 Å². The molecule has 0 fully saturated rings. The van der Waals surface area contributed by atoms with Crippen molar-refractivity contribution in [2.45, 2.75) is 27.2 Å². The minimum Gasteiger partial charge on any atom is -0.233 e. The van der Waals surface area contributed by atoms with Gasteiger partial charge in [-0.25, -0.2) is 9.97 Å². The molecular formula is C15H16BrClN2. The number of aromatic nitrogens is 2. The lowest BCUT2D eigenvalue weighted by atomic mass is 10.1. The molecule has 0 N–H and O–H groups in total. The van der Waals surface area contributed by atoms with Gasteiger partial charge in [0.1, 0.15) is 5.15 Å². The van der Waals surface area contributed by atoms with E-state index < -0.39 is 0 Å². The minimum absolute atomic E-state index is 0.494. The van der Waals surface area contributed by atoms with Gasteiger partial charge in [-0.3, -0.25) is 0 Å². The second kappa shape index (κ2) is 6.02. The van der Waals surface area contributed by atoms with Crippen LogP contribution in [-0.4, -0.2) is 9.97 Å². The molecule has 2 aromatic rings. The van der Waals surface area contributed by atoms with Gasteiger partial charge in [-0.05, 0) is 43.0 Å². The molecule has 0 bridgehead atoms. The van der Waals surface area contributed by atoms with Crippen LogP contribution in [0.4, 0.5) is 0 Å². The second-order valence-corrected chi connectivity index (χ2v) is 6.33. The molecular weight excluding hydrogens is 324 g/mol. The zero-order valence-corrected chi connectivity index (χ0v) is 13.6. The Kier molecular flexibility index (Phi) is 4.58. The summed E-state index contributed by atoms with van der Waals surface area (Å²) in [4.78, 5) is 8.94. The maximum Gasteiger partial charge on any atom is 0.162 e. The van der Waals surface area contributed by atoms with Gasteiger partial charge < -0.3 is 0 Å². The molecule has 0 saturated heterocycles. The molecule has 0 atom stereocenters.